The molecular weight excluding hydrogens is 240 g/mol. The van der Waals surface area contributed by atoms with Crippen molar-refractivity contribution in [2.75, 3.05) is 18.4 Å². The summed E-state index contributed by atoms with van der Waals surface area (Å²) in [6, 6.07) is 0.559. The summed E-state index contributed by atoms with van der Waals surface area (Å²) in [6.07, 6.45) is 9.32. The van der Waals surface area contributed by atoms with Gasteiger partial charge in [0.15, 0.2) is 0 Å². The van der Waals surface area contributed by atoms with Gasteiger partial charge in [-0.1, -0.05) is 44.1 Å². The number of nitrogens with zero attached hydrogens (tertiary/aromatic N) is 2. The van der Waals surface area contributed by atoms with E-state index in [1.165, 1.54) is 38.5 Å². The van der Waals surface area contributed by atoms with Crippen LogP contribution >= 0.6 is 0 Å². The summed E-state index contributed by atoms with van der Waals surface area (Å²) in [4.78, 5) is 0. The molecule has 1 fully saturated rings. The Morgan fingerprint density at radius 1 is 1.16 bits per heavy atom. The highest BCUT2D eigenvalue weighted by molar-refractivity contribution is 5.16. The summed E-state index contributed by atoms with van der Waals surface area (Å²) in [6.45, 7) is 4.71. The molecule has 1 aromatic rings. The lowest BCUT2D eigenvalue weighted by atomic mass is 9.87. The van der Waals surface area contributed by atoms with Gasteiger partial charge in [-0.3, -0.25) is 0 Å². The number of hydrogen-bond acceptors (Lipinski definition) is 5. The third kappa shape index (κ3) is 5.19. The summed E-state index contributed by atoms with van der Waals surface area (Å²) in [5.41, 5.74) is 0. The van der Waals surface area contributed by atoms with E-state index in [9.17, 15) is 0 Å². The molecule has 2 rings (SSSR count). The predicted molar refractivity (Wildman–Crippen MR) is 76.0 cm³/mol. The van der Waals surface area contributed by atoms with E-state index in [0.717, 1.165) is 25.4 Å². The van der Waals surface area contributed by atoms with E-state index in [2.05, 4.69) is 27.8 Å². The number of nitrogens with one attached hydrogen (secondary N) is 2. The second-order valence-corrected chi connectivity index (χ2v) is 5.40. The molecule has 1 aliphatic carbocycles. The first-order valence-corrected chi connectivity index (χ1v) is 7.65. The van der Waals surface area contributed by atoms with Gasteiger partial charge in [0.2, 0.25) is 5.89 Å². The van der Waals surface area contributed by atoms with Crippen LogP contribution in [0.25, 0.3) is 0 Å². The quantitative estimate of drug-likeness (QED) is 0.708. The molecule has 1 saturated carbocycles. The molecule has 0 spiro atoms. The van der Waals surface area contributed by atoms with Crippen molar-refractivity contribution in [3.05, 3.63) is 5.89 Å². The second kappa shape index (κ2) is 8.15. The fourth-order valence-electron chi connectivity index (χ4n) is 2.63. The van der Waals surface area contributed by atoms with Crippen LogP contribution in [0.2, 0.25) is 0 Å². The monoisotopic (exact) mass is 266 g/mol. The Hall–Kier alpha value is -1.10. The minimum Gasteiger partial charge on any atom is -0.407 e. The van der Waals surface area contributed by atoms with Crippen LogP contribution in [0.5, 0.6) is 0 Å². The maximum atomic E-state index is 5.52. The molecule has 0 radical (unpaired) electrons. The molecule has 5 heteroatoms. The lowest BCUT2D eigenvalue weighted by Crippen LogP contribution is -2.13. The number of anilines is 1. The highest BCUT2D eigenvalue weighted by Crippen LogP contribution is 2.26. The molecule has 2 N–H and O–H groups in total. The van der Waals surface area contributed by atoms with Crippen molar-refractivity contribution in [3.8, 4) is 0 Å². The molecule has 0 atom stereocenters. The van der Waals surface area contributed by atoms with E-state index < -0.39 is 0 Å². The Morgan fingerprint density at radius 2 is 2.00 bits per heavy atom. The van der Waals surface area contributed by atoms with E-state index in [1.807, 2.05) is 0 Å². The fraction of sp³-hybridized carbons (Fsp3) is 0.857. The Balaban J connectivity index is 1.62. The minimum absolute atomic E-state index is 0.559. The summed E-state index contributed by atoms with van der Waals surface area (Å²) in [5.74, 6) is 1.54. The molecule has 0 aromatic carbocycles. The lowest BCUT2D eigenvalue weighted by molar-refractivity contribution is 0.344. The third-order valence-electron chi connectivity index (χ3n) is 3.72. The molecule has 1 aliphatic rings. The molecule has 1 aromatic heterocycles. The van der Waals surface area contributed by atoms with E-state index in [-0.39, 0.29) is 0 Å². The first-order chi connectivity index (χ1) is 9.38. The third-order valence-corrected chi connectivity index (χ3v) is 3.72. The Bertz CT molecular complexity index is 347. The van der Waals surface area contributed by atoms with Gasteiger partial charge in [-0.15, -0.1) is 5.10 Å². The van der Waals surface area contributed by atoms with E-state index in [1.54, 1.807) is 0 Å². The van der Waals surface area contributed by atoms with Gasteiger partial charge in [0.05, 0.1) is 6.54 Å². The second-order valence-electron chi connectivity index (χ2n) is 5.40. The molecule has 19 heavy (non-hydrogen) atoms. The predicted octanol–water partition coefficient (Wildman–Crippen LogP) is 2.95. The van der Waals surface area contributed by atoms with Gasteiger partial charge < -0.3 is 15.1 Å². The van der Waals surface area contributed by atoms with Gasteiger partial charge in [0.25, 0.3) is 0 Å². The molecule has 108 valence electrons. The molecule has 0 aliphatic heterocycles. The van der Waals surface area contributed by atoms with Crippen LogP contribution < -0.4 is 10.6 Å². The average Bonchev–Trinajstić information content (AvgIpc) is 2.88. The fourth-order valence-corrected chi connectivity index (χ4v) is 2.63. The molecule has 0 unspecified atom stereocenters. The van der Waals surface area contributed by atoms with Crippen molar-refractivity contribution in [2.24, 2.45) is 5.92 Å². The largest absolute Gasteiger partial charge is 0.407 e. The zero-order chi connectivity index (χ0) is 13.3. The maximum Gasteiger partial charge on any atom is 0.315 e. The van der Waals surface area contributed by atoms with Crippen LogP contribution in [0.3, 0.4) is 0 Å². The van der Waals surface area contributed by atoms with Crippen LogP contribution in [0.15, 0.2) is 4.42 Å². The van der Waals surface area contributed by atoms with Crippen molar-refractivity contribution in [1.82, 2.24) is 15.5 Å². The lowest BCUT2D eigenvalue weighted by Gasteiger charge is -2.21. The van der Waals surface area contributed by atoms with Crippen LogP contribution in [0, 0.1) is 5.92 Å². The summed E-state index contributed by atoms with van der Waals surface area (Å²) in [7, 11) is 0. The van der Waals surface area contributed by atoms with Crippen molar-refractivity contribution < 1.29 is 4.42 Å². The topological polar surface area (TPSA) is 63.0 Å². The van der Waals surface area contributed by atoms with Gasteiger partial charge in [0, 0.05) is 6.54 Å². The molecule has 5 nitrogen and oxygen atoms in total. The van der Waals surface area contributed by atoms with Gasteiger partial charge in [0.1, 0.15) is 0 Å². The van der Waals surface area contributed by atoms with E-state index in [0.29, 0.717) is 18.5 Å². The molecule has 0 bridgehead atoms. The van der Waals surface area contributed by atoms with Crippen molar-refractivity contribution >= 4 is 6.01 Å². The highest BCUT2D eigenvalue weighted by Gasteiger charge is 2.13. The number of aromatic nitrogens is 2. The average molecular weight is 266 g/mol. The normalized spacial score (nSPS) is 16.7. The maximum absolute atomic E-state index is 5.52. The summed E-state index contributed by atoms with van der Waals surface area (Å²) < 4.78 is 5.52. The van der Waals surface area contributed by atoms with E-state index >= 15 is 0 Å². The molecule has 1 heterocycles. The zero-order valence-corrected chi connectivity index (χ0v) is 12.0. The Kier molecular flexibility index (Phi) is 6.14. The summed E-state index contributed by atoms with van der Waals surface area (Å²) in [5, 5.41) is 14.5. The molecule has 0 saturated heterocycles. The van der Waals surface area contributed by atoms with Gasteiger partial charge in [-0.2, -0.15) is 0 Å². The Labute approximate surface area is 115 Å². The van der Waals surface area contributed by atoms with Gasteiger partial charge in [-0.05, 0) is 25.3 Å². The number of rotatable bonds is 8. The van der Waals surface area contributed by atoms with Crippen molar-refractivity contribution in [3.63, 3.8) is 0 Å². The number of hydrogen-bond donors (Lipinski definition) is 2. The first-order valence-electron chi connectivity index (χ1n) is 7.65. The zero-order valence-electron chi connectivity index (χ0n) is 12.0. The molecule has 0 amide bonds. The SMILES string of the molecule is CCCNCc1nnc(NCCC2CCCCC2)o1. The standard InChI is InChI=1S/C14H26N4O/c1-2-9-15-11-13-17-18-14(19-13)16-10-8-12-6-4-3-5-7-12/h12,15H,2-11H2,1H3,(H,16,18). The first kappa shape index (κ1) is 14.3. The molecular formula is C14H26N4O. The van der Waals surface area contributed by atoms with Gasteiger partial charge >= 0.3 is 6.01 Å². The van der Waals surface area contributed by atoms with Crippen LogP contribution in [0.4, 0.5) is 6.01 Å². The van der Waals surface area contributed by atoms with Crippen LogP contribution in [-0.2, 0) is 6.54 Å². The van der Waals surface area contributed by atoms with Gasteiger partial charge in [-0.25, -0.2) is 0 Å². The van der Waals surface area contributed by atoms with Crippen LogP contribution in [0.1, 0.15) is 57.8 Å². The van der Waals surface area contributed by atoms with Crippen molar-refractivity contribution in [2.45, 2.75) is 58.4 Å². The Morgan fingerprint density at radius 3 is 2.79 bits per heavy atom. The highest BCUT2D eigenvalue weighted by atomic mass is 16.4. The minimum atomic E-state index is 0.559. The van der Waals surface area contributed by atoms with E-state index in [4.69, 9.17) is 4.42 Å². The van der Waals surface area contributed by atoms with Crippen molar-refractivity contribution in [1.29, 1.82) is 0 Å². The smallest absolute Gasteiger partial charge is 0.315 e. The van der Waals surface area contributed by atoms with Crippen LogP contribution in [-0.4, -0.2) is 23.3 Å². The summed E-state index contributed by atoms with van der Waals surface area (Å²) >= 11 is 0.